The molecule has 1 aromatic heterocycles. The molecule has 156 valence electrons. The van der Waals surface area contributed by atoms with Crippen LogP contribution < -0.4 is 10.1 Å². The predicted octanol–water partition coefficient (Wildman–Crippen LogP) is 1.77. The number of rotatable bonds is 7. The Balaban J connectivity index is 0.000000321. The van der Waals surface area contributed by atoms with Crippen molar-refractivity contribution in [2.45, 2.75) is 11.8 Å². The molecule has 2 aromatic rings. The van der Waals surface area contributed by atoms with E-state index in [-0.39, 0.29) is 12.5 Å². The summed E-state index contributed by atoms with van der Waals surface area (Å²) in [5, 5.41) is 3.24. The molecule has 9 heteroatoms. The van der Waals surface area contributed by atoms with E-state index in [0.717, 1.165) is 43.2 Å². The molecule has 0 aliphatic carbocycles. The van der Waals surface area contributed by atoms with E-state index in [4.69, 9.17) is 4.74 Å². The third-order valence-electron chi connectivity index (χ3n) is 4.11. The number of carbonyl (C=O) groups excluding carboxylic acids is 2. The summed E-state index contributed by atoms with van der Waals surface area (Å²) in [4.78, 5) is 32.0. The highest BCUT2D eigenvalue weighted by atomic mass is 32.2. The zero-order valence-corrected chi connectivity index (χ0v) is 17.7. The molecule has 3 rings (SSSR count). The lowest BCUT2D eigenvalue weighted by Gasteiger charge is -2.31. The van der Waals surface area contributed by atoms with Crippen LogP contribution in [0.5, 0.6) is 5.88 Å². The maximum absolute atomic E-state index is 10.2. The highest BCUT2D eigenvalue weighted by Crippen LogP contribution is 2.32. The first-order chi connectivity index (χ1) is 14.1. The zero-order chi connectivity index (χ0) is 21.1. The lowest BCUT2D eigenvalue weighted by molar-refractivity contribution is -0.118. The van der Waals surface area contributed by atoms with Crippen LogP contribution in [0.15, 0.2) is 42.1 Å². The summed E-state index contributed by atoms with van der Waals surface area (Å²) >= 11 is 1.78. The van der Waals surface area contributed by atoms with Crippen LogP contribution in [0.3, 0.4) is 0 Å². The molecule has 0 unspecified atom stereocenters. The Morgan fingerprint density at radius 2 is 2.07 bits per heavy atom. The van der Waals surface area contributed by atoms with Gasteiger partial charge in [0.2, 0.25) is 11.8 Å². The van der Waals surface area contributed by atoms with E-state index < -0.39 is 0 Å². The number of likely N-dealkylation sites (N-methyl/N-ethyl adjacent to an activating group) is 1. The maximum atomic E-state index is 10.2. The molecule has 1 amide bonds. The Labute approximate surface area is 175 Å². The number of nitrogens with zero attached hydrogens (tertiary/aromatic N) is 4. The highest BCUT2D eigenvalue weighted by Gasteiger charge is 2.17. The molecule has 2 heterocycles. The fourth-order valence-electron chi connectivity index (χ4n) is 2.59. The standard InChI is InChI=1S/C15H20N4OS.C5H7NO2/c1-3-20-15-12-5-4-6-13(14(12)16-11-17-15)21-19-9-7-18(2)8-10-19;1-2-5(8)6-3-4-7/h4-6,11H,3,7-10H2,1-2H3;2,4H,1,3H2,(H,6,8). The van der Waals surface area contributed by atoms with Gasteiger partial charge in [0.15, 0.2) is 0 Å². The number of nitrogens with one attached hydrogen (secondary N) is 1. The Hall–Kier alpha value is -2.49. The first kappa shape index (κ1) is 22.8. The van der Waals surface area contributed by atoms with Gasteiger partial charge in [-0.2, -0.15) is 0 Å². The van der Waals surface area contributed by atoms with Gasteiger partial charge in [0.25, 0.3) is 0 Å². The Morgan fingerprint density at radius 3 is 2.72 bits per heavy atom. The topological polar surface area (TPSA) is 87.7 Å². The first-order valence-corrected chi connectivity index (χ1v) is 10.2. The van der Waals surface area contributed by atoms with Gasteiger partial charge in [0.05, 0.1) is 24.1 Å². The quantitative estimate of drug-likeness (QED) is 0.414. The molecule has 29 heavy (non-hydrogen) atoms. The molecule has 8 nitrogen and oxygen atoms in total. The average molecular weight is 418 g/mol. The van der Waals surface area contributed by atoms with Crippen molar-refractivity contribution in [3.63, 3.8) is 0 Å². The van der Waals surface area contributed by atoms with Crippen LogP contribution >= 0.6 is 11.9 Å². The number of aromatic nitrogens is 2. The number of fused-ring (bicyclic) bond motifs is 1. The third-order valence-corrected chi connectivity index (χ3v) is 5.26. The van der Waals surface area contributed by atoms with Crippen LogP contribution in [0.1, 0.15) is 6.92 Å². The summed E-state index contributed by atoms with van der Waals surface area (Å²) in [7, 11) is 2.17. The lowest BCUT2D eigenvalue weighted by Crippen LogP contribution is -2.40. The van der Waals surface area contributed by atoms with Gasteiger partial charge < -0.3 is 19.7 Å². The van der Waals surface area contributed by atoms with E-state index in [2.05, 4.69) is 44.2 Å². The van der Waals surface area contributed by atoms with Gasteiger partial charge in [-0.3, -0.25) is 4.79 Å². The summed E-state index contributed by atoms with van der Waals surface area (Å²) in [5.41, 5.74) is 0.972. The smallest absolute Gasteiger partial charge is 0.243 e. The fraction of sp³-hybridized carbons (Fsp3) is 0.400. The van der Waals surface area contributed by atoms with Crippen LogP contribution in [0.4, 0.5) is 0 Å². The largest absolute Gasteiger partial charge is 0.477 e. The molecule has 1 saturated heterocycles. The Kier molecular flexibility index (Phi) is 9.55. The molecular formula is C20H27N5O3S. The monoisotopic (exact) mass is 417 g/mol. The van der Waals surface area contributed by atoms with Gasteiger partial charge >= 0.3 is 0 Å². The third kappa shape index (κ3) is 7.12. The van der Waals surface area contributed by atoms with Crippen LogP contribution in [-0.2, 0) is 9.59 Å². The molecule has 1 N–H and O–H groups in total. The highest BCUT2D eigenvalue weighted by molar-refractivity contribution is 7.97. The minimum absolute atomic E-state index is 0.0604. The number of piperazine rings is 1. The molecule has 0 spiro atoms. The number of aldehydes is 1. The van der Waals surface area contributed by atoms with Crippen molar-refractivity contribution in [1.82, 2.24) is 24.5 Å². The minimum Gasteiger partial charge on any atom is -0.477 e. The molecule has 0 bridgehead atoms. The van der Waals surface area contributed by atoms with Crippen molar-refractivity contribution in [2.24, 2.45) is 0 Å². The molecule has 0 atom stereocenters. The van der Waals surface area contributed by atoms with E-state index in [1.165, 1.54) is 4.90 Å². The van der Waals surface area contributed by atoms with Gasteiger partial charge in [-0.15, -0.1) is 0 Å². The Morgan fingerprint density at radius 1 is 1.31 bits per heavy atom. The summed E-state index contributed by atoms with van der Waals surface area (Å²) in [6, 6.07) is 6.19. The molecule has 1 fully saturated rings. The Bertz CT molecular complexity index is 825. The number of ether oxygens (including phenoxy) is 1. The number of carbonyl (C=O) groups is 2. The van der Waals surface area contributed by atoms with E-state index in [1.54, 1.807) is 18.3 Å². The van der Waals surface area contributed by atoms with Crippen molar-refractivity contribution in [1.29, 1.82) is 0 Å². The maximum Gasteiger partial charge on any atom is 0.243 e. The van der Waals surface area contributed by atoms with Gasteiger partial charge in [-0.05, 0) is 44.1 Å². The van der Waals surface area contributed by atoms with Crippen molar-refractivity contribution >= 4 is 35.0 Å². The summed E-state index contributed by atoms with van der Waals surface area (Å²) < 4.78 is 8.00. The van der Waals surface area contributed by atoms with Crippen LogP contribution in [0, 0.1) is 0 Å². The van der Waals surface area contributed by atoms with E-state index in [0.29, 0.717) is 18.8 Å². The van der Waals surface area contributed by atoms with Gasteiger partial charge in [-0.1, -0.05) is 12.6 Å². The van der Waals surface area contributed by atoms with E-state index >= 15 is 0 Å². The second kappa shape index (κ2) is 12.2. The van der Waals surface area contributed by atoms with E-state index in [9.17, 15) is 9.59 Å². The second-order valence-electron chi connectivity index (χ2n) is 6.20. The first-order valence-electron chi connectivity index (χ1n) is 9.40. The van der Waals surface area contributed by atoms with Crippen LogP contribution in [0.2, 0.25) is 0 Å². The zero-order valence-electron chi connectivity index (χ0n) is 16.8. The van der Waals surface area contributed by atoms with Crippen molar-refractivity contribution in [3.05, 3.63) is 37.2 Å². The normalized spacial score (nSPS) is 14.6. The molecule has 1 aliphatic heterocycles. The molecule has 0 radical (unpaired) electrons. The second-order valence-corrected chi connectivity index (χ2v) is 7.34. The lowest BCUT2D eigenvalue weighted by atomic mass is 10.2. The van der Waals surface area contributed by atoms with Crippen molar-refractivity contribution in [2.75, 3.05) is 46.4 Å². The molecule has 1 aromatic carbocycles. The molecule has 1 aliphatic rings. The fourth-order valence-corrected chi connectivity index (χ4v) is 3.61. The predicted molar refractivity (Wildman–Crippen MR) is 115 cm³/mol. The number of hydrogen-bond acceptors (Lipinski definition) is 8. The summed E-state index contributed by atoms with van der Waals surface area (Å²) in [6.07, 6.45) is 3.31. The minimum atomic E-state index is -0.322. The summed E-state index contributed by atoms with van der Waals surface area (Å²) in [5.74, 6) is 0.348. The van der Waals surface area contributed by atoms with Gasteiger partial charge in [0, 0.05) is 31.1 Å². The average Bonchev–Trinajstić information content (AvgIpc) is 2.75. The van der Waals surface area contributed by atoms with Crippen LogP contribution in [0.25, 0.3) is 10.9 Å². The SMILES string of the molecule is C=CC(=O)NCC=O.CCOc1ncnc2c(SN3CCN(C)CC3)cccc12. The molecule has 0 saturated carbocycles. The number of para-hydroxylation sites is 1. The number of hydrogen-bond donors (Lipinski definition) is 1. The van der Waals surface area contributed by atoms with Crippen LogP contribution in [-0.4, -0.2) is 77.7 Å². The number of amides is 1. The van der Waals surface area contributed by atoms with Gasteiger partial charge in [0.1, 0.15) is 12.6 Å². The molecular weight excluding hydrogens is 390 g/mol. The van der Waals surface area contributed by atoms with E-state index in [1.807, 2.05) is 19.1 Å². The van der Waals surface area contributed by atoms with Crippen molar-refractivity contribution < 1.29 is 14.3 Å². The van der Waals surface area contributed by atoms with Gasteiger partial charge in [-0.25, -0.2) is 14.3 Å². The van der Waals surface area contributed by atoms with Crippen molar-refractivity contribution in [3.8, 4) is 5.88 Å². The summed E-state index contributed by atoms with van der Waals surface area (Å²) in [6.45, 7) is 10.2. The number of benzene rings is 1.